The van der Waals surface area contributed by atoms with Crippen molar-refractivity contribution in [3.8, 4) is 5.75 Å². The highest BCUT2D eigenvalue weighted by Gasteiger charge is 2.36. The monoisotopic (exact) mass is 289 g/mol. The van der Waals surface area contributed by atoms with E-state index in [1.165, 1.54) is 17.0 Å². The molecule has 112 valence electrons. The molecular formula is C16H19NO4. The highest BCUT2D eigenvalue weighted by molar-refractivity contribution is 5.97. The number of carbonyl (C=O) groups excluding carboxylic acids is 1. The van der Waals surface area contributed by atoms with E-state index in [2.05, 4.69) is 0 Å². The van der Waals surface area contributed by atoms with Gasteiger partial charge in [-0.3, -0.25) is 9.59 Å². The second kappa shape index (κ2) is 6.43. The Labute approximate surface area is 123 Å². The van der Waals surface area contributed by atoms with Gasteiger partial charge in [-0.05, 0) is 31.9 Å². The van der Waals surface area contributed by atoms with E-state index in [0.717, 1.165) is 0 Å². The average Bonchev–Trinajstić information content (AvgIpc) is 2.48. The van der Waals surface area contributed by atoms with Crippen LogP contribution >= 0.6 is 0 Å². The number of carboxylic acid groups (broad SMARTS) is 1. The second-order valence-corrected chi connectivity index (χ2v) is 5.10. The van der Waals surface area contributed by atoms with Crippen LogP contribution in [-0.2, 0) is 9.59 Å². The number of hydrogen-bond donors (Lipinski definition) is 2. The summed E-state index contributed by atoms with van der Waals surface area (Å²) in [7, 11) is 0. The van der Waals surface area contributed by atoms with Gasteiger partial charge in [-0.2, -0.15) is 0 Å². The predicted molar refractivity (Wildman–Crippen MR) is 79.1 cm³/mol. The van der Waals surface area contributed by atoms with Gasteiger partial charge in [0.25, 0.3) is 0 Å². The summed E-state index contributed by atoms with van der Waals surface area (Å²) in [4.78, 5) is 25.6. The van der Waals surface area contributed by atoms with Crippen LogP contribution in [0.2, 0.25) is 0 Å². The Morgan fingerprint density at radius 3 is 2.48 bits per heavy atom. The molecule has 2 rings (SSSR count). The fraction of sp³-hybridized carbons (Fsp3) is 0.375. The number of carbonyl (C=O) groups is 2. The first-order valence-electron chi connectivity index (χ1n) is 7.02. The number of hydrogen-bond acceptors (Lipinski definition) is 3. The third-order valence-electron chi connectivity index (χ3n) is 3.79. The van der Waals surface area contributed by atoms with Gasteiger partial charge in [0, 0.05) is 18.3 Å². The third kappa shape index (κ3) is 3.24. The SMILES string of the molecule is CCN(C(=O)C1CC=CCC1C(=O)O)c1cccc(O)c1. The summed E-state index contributed by atoms with van der Waals surface area (Å²) in [5, 5.41) is 18.8. The summed E-state index contributed by atoms with van der Waals surface area (Å²) in [5.74, 6) is -2.31. The van der Waals surface area contributed by atoms with Gasteiger partial charge in [0.15, 0.2) is 0 Å². The molecule has 0 saturated heterocycles. The number of nitrogens with zero attached hydrogens (tertiary/aromatic N) is 1. The van der Waals surface area contributed by atoms with Gasteiger partial charge >= 0.3 is 5.97 Å². The molecule has 2 unspecified atom stereocenters. The molecule has 0 heterocycles. The Balaban J connectivity index is 2.27. The summed E-state index contributed by atoms with van der Waals surface area (Å²) >= 11 is 0. The number of phenolic OH excluding ortho intramolecular Hbond substituents is 1. The van der Waals surface area contributed by atoms with Gasteiger partial charge in [0.05, 0.1) is 11.8 Å². The van der Waals surface area contributed by atoms with Crippen LogP contribution < -0.4 is 4.90 Å². The molecule has 0 radical (unpaired) electrons. The highest BCUT2D eigenvalue weighted by atomic mass is 16.4. The van der Waals surface area contributed by atoms with Gasteiger partial charge in [-0.15, -0.1) is 0 Å². The van der Waals surface area contributed by atoms with E-state index in [-0.39, 0.29) is 11.7 Å². The Morgan fingerprint density at radius 1 is 1.24 bits per heavy atom. The Kier molecular flexibility index (Phi) is 4.62. The van der Waals surface area contributed by atoms with Crippen molar-refractivity contribution < 1.29 is 19.8 Å². The molecule has 0 aliphatic heterocycles. The molecule has 1 aliphatic rings. The lowest BCUT2D eigenvalue weighted by Crippen LogP contribution is -2.41. The fourth-order valence-corrected chi connectivity index (χ4v) is 2.69. The molecule has 0 fully saturated rings. The van der Waals surface area contributed by atoms with Crippen molar-refractivity contribution in [2.24, 2.45) is 11.8 Å². The molecule has 0 saturated carbocycles. The van der Waals surface area contributed by atoms with E-state index in [9.17, 15) is 19.8 Å². The van der Waals surface area contributed by atoms with Crippen molar-refractivity contribution in [2.75, 3.05) is 11.4 Å². The van der Waals surface area contributed by atoms with Crippen molar-refractivity contribution in [3.05, 3.63) is 36.4 Å². The zero-order valence-corrected chi connectivity index (χ0v) is 11.9. The molecule has 1 aliphatic carbocycles. The summed E-state index contributed by atoms with van der Waals surface area (Å²) in [5.41, 5.74) is 0.584. The number of rotatable bonds is 4. The third-order valence-corrected chi connectivity index (χ3v) is 3.79. The largest absolute Gasteiger partial charge is 0.508 e. The van der Waals surface area contributed by atoms with Crippen LogP contribution in [0.15, 0.2) is 36.4 Å². The zero-order chi connectivity index (χ0) is 15.4. The predicted octanol–water partition coefficient (Wildman–Crippen LogP) is 2.41. The fourth-order valence-electron chi connectivity index (χ4n) is 2.69. The van der Waals surface area contributed by atoms with Gasteiger partial charge in [0.2, 0.25) is 5.91 Å². The van der Waals surface area contributed by atoms with Crippen molar-refractivity contribution in [1.82, 2.24) is 0 Å². The molecular weight excluding hydrogens is 270 g/mol. The van der Waals surface area contributed by atoms with E-state index >= 15 is 0 Å². The molecule has 1 aromatic rings. The molecule has 1 aromatic carbocycles. The minimum Gasteiger partial charge on any atom is -0.508 e. The van der Waals surface area contributed by atoms with Crippen molar-refractivity contribution >= 4 is 17.6 Å². The number of aliphatic carboxylic acids is 1. The number of allylic oxidation sites excluding steroid dienone is 2. The molecule has 5 nitrogen and oxygen atoms in total. The number of anilines is 1. The maximum atomic E-state index is 12.7. The quantitative estimate of drug-likeness (QED) is 0.834. The molecule has 21 heavy (non-hydrogen) atoms. The van der Waals surface area contributed by atoms with E-state index in [1.807, 2.05) is 19.1 Å². The highest BCUT2D eigenvalue weighted by Crippen LogP contribution is 2.30. The first-order chi connectivity index (χ1) is 10.0. The lowest BCUT2D eigenvalue weighted by Gasteiger charge is -2.30. The lowest BCUT2D eigenvalue weighted by atomic mass is 9.82. The van der Waals surface area contributed by atoms with Crippen LogP contribution in [0, 0.1) is 11.8 Å². The first kappa shape index (κ1) is 15.1. The molecule has 5 heteroatoms. The summed E-state index contributed by atoms with van der Waals surface area (Å²) in [6.45, 7) is 2.26. The normalized spacial score (nSPS) is 21.0. The maximum absolute atomic E-state index is 12.7. The number of carboxylic acids is 1. The lowest BCUT2D eigenvalue weighted by molar-refractivity contribution is -0.146. The van der Waals surface area contributed by atoms with Crippen LogP contribution in [-0.4, -0.2) is 28.6 Å². The molecule has 2 atom stereocenters. The van der Waals surface area contributed by atoms with E-state index < -0.39 is 17.8 Å². The summed E-state index contributed by atoms with van der Waals surface area (Å²) in [6, 6.07) is 6.44. The summed E-state index contributed by atoms with van der Waals surface area (Å²) < 4.78 is 0. The van der Waals surface area contributed by atoms with E-state index in [4.69, 9.17) is 0 Å². The molecule has 0 spiro atoms. The molecule has 2 N–H and O–H groups in total. The standard InChI is InChI=1S/C16H19NO4/c1-2-17(11-6-5-7-12(18)10-11)15(19)13-8-3-4-9-14(13)16(20)21/h3-7,10,13-14,18H,2,8-9H2,1H3,(H,20,21). The minimum atomic E-state index is -0.940. The second-order valence-electron chi connectivity index (χ2n) is 5.10. The summed E-state index contributed by atoms with van der Waals surface area (Å²) in [6.07, 6.45) is 4.49. The van der Waals surface area contributed by atoms with E-state index in [0.29, 0.717) is 25.1 Å². The average molecular weight is 289 g/mol. The molecule has 1 amide bonds. The number of phenols is 1. The van der Waals surface area contributed by atoms with Crippen LogP contribution in [0.1, 0.15) is 19.8 Å². The van der Waals surface area contributed by atoms with Crippen molar-refractivity contribution in [2.45, 2.75) is 19.8 Å². The van der Waals surface area contributed by atoms with Crippen LogP contribution in [0.4, 0.5) is 5.69 Å². The van der Waals surface area contributed by atoms with Gasteiger partial charge in [-0.25, -0.2) is 0 Å². The topological polar surface area (TPSA) is 77.8 Å². The van der Waals surface area contributed by atoms with Gasteiger partial charge < -0.3 is 15.1 Å². The van der Waals surface area contributed by atoms with Crippen molar-refractivity contribution in [3.63, 3.8) is 0 Å². The van der Waals surface area contributed by atoms with Crippen LogP contribution in [0.3, 0.4) is 0 Å². The van der Waals surface area contributed by atoms with E-state index in [1.54, 1.807) is 12.1 Å². The Bertz CT molecular complexity index is 567. The van der Waals surface area contributed by atoms with Gasteiger partial charge in [-0.1, -0.05) is 18.2 Å². The maximum Gasteiger partial charge on any atom is 0.307 e. The number of benzene rings is 1. The van der Waals surface area contributed by atoms with Crippen molar-refractivity contribution in [1.29, 1.82) is 0 Å². The smallest absolute Gasteiger partial charge is 0.307 e. The Morgan fingerprint density at radius 2 is 1.90 bits per heavy atom. The number of amides is 1. The minimum absolute atomic E-state index is 0.0806. The molecule has 0 aromatic heterocycles. The van der Waals surface area contributed by atoms with Crippen LogP contribution in [0.25, 0.3) is 0 Å². The number of aromatic hydroxyl groups is 1. The van der Waals surface area contributed by atoms with Crippen LogP contribution in [0.5, 0.6) is 5.75 Å². The molecule has 0 bridgehead atoms. The first-order valence-corrected chi connectivity index (χ1v) is 7.02. The van der Waals surface area contributed by atoms with Gasteiger partial charge in [0.1, 0.15) is 5.75 Å². The Hall–Kier alpha value is -2.30. The zero-order valence-electron chi connectivity index (χ0n) is 11.9.